The van der Waals surface area contributed by atoms with Crippen molar-refractivity contribution >= 4 is 5.69 Å². The third-order valence-electron chi connectivity index (χ3n) is 3.67. The number of anilines is 1. The molecule has 0 atom stereocenters. The second kappa shape index (κ2) is 5.44. The predicted molar refractivity (Wildman–Crippen MR) is 87.4 cm³/mol. The molecule has 0 bridgehead atoms. The highest BCUT2D eigenvalue weighted by Gasteiger charge is 2.17. The van der Waals surface area contributed by atoms with Gasteiger partial charge in [-0.15, -0.1) is 0 Å². The molecule has 0 saturated carbocycles. The Bertz CT molecular complexity index is 846. The Morgan fingerprint density at radius 3 is 2.23 bits per heavy atom. The summed E-state index contributed by atoms with van der Waals surface area (Å²) in [5, 5.41) is 0. The maximum Gasteiger partial charge on any atom is 0.295 e. The van der Waals surface area contributed by atoms with Crippen LogP contribution in [0.1, 0.15) is 0 Å². The fraction of sp³-hybridized carbons (Fsp3) is 0.118. The van der Waals surface area contributed by atoms with Crippen molar-refractivity contribution in [1.82, 2.24) is 9.36 Å². The summed E-state index contributed by atoms with van der Waals surface area (Å²) in [5.41, 5.74) is 8.41. The molecule has 3 aromatic rings. The molecule has 5 nitrogen and oxygen atoms in total. The largest absolute Gasteiger partial charge is 0.497 e. The van der Waals surface area contributed by atoms with Crippen LogP contribution in [0.4, 0.5) is 5.69 Å². The van der Waals surface area contributed by atoms with Crippen molar-refractivity contribution in [3.63, 3.8) is 0 Å². The molecule has 0 saturated heterocycles. The summed E-state index contributed by atoms with van der Waals surface area (Å²) in [5.74, 6) is 0.759. The highest BCUT2D eigenvalue weighted by molar-refractivity contribution is 5.73. The van der Waals surface area contributed by atoms with Crippen molar-refractivity contribution in [3.05, 3.63) is 65.0 Å². The zero-order chi connectivity index (χ0) is 15.7. The van der Waals surface area contributed by atoms with Crippen LogP contribution in [0.25, 0.3) is 16.9 Å². The Hall–Kier alpha value is -2.95. The molecule has 0 radical (unpaired) electrons. The summed E-state index contributed by atoms with van der Waals surface area (Å²) in [6.45, 7) is 0. The van der Waals surface area contributed by atoms with Crippen molar-refractivity contribution < 1.29 is 4.74 Å². The Labute approximate surface area is 128 Å². The lowest BCUT2D eigenvalue weighted by atomic mass is 10.1. The molecular weight excluding hydrogens is 278 g/mol. The fourth-order valence-electron chi connectivity index (χ4n) is 2.58. The molecule has 0 aliphatic rings. The Balaban J connectivity index is 2.19. The molecule has 0 aliphatic heterocycles. The van der Waals surface area contributed by atoms with Crippen molar-refractivity contribution in [2.45, 2.75) is 0 Å². The molecule has 2 aromatic carbocycles. The van der Waals surface area contributed by atoms with E-state index in [1.807, 2.05) is 61.6 Å². The van der Waals surface area contributed by atoms with Crippen LogP contribution in [0.5, 0.6) is 5.75 Å². The molecule has 0 amide bonds. The number of nitrogens with two attached hydrogens (primary N) is 1. The molecule has 0 unspecified atom stereocenters. The second-order valence-corrected chi connectivity index (χ2v) is 4.97. The minimum Gasteiger partial charge on any atom is -0.497 e. The van der Waals surface area contributed by atoms with Gasteiger partial charge in [-0.05, 0) is 36.4 Å². The summed E-state index contributed by atoms with van der Waals surface area (Å²) in [6, 6.07) is 16.9. The van der Waals surface area contributed by atoms with Gasteiger partial charge in [-0.25, -0.2) is 4.68 Å². The molecule has 5 heteroatoms. The van der Waals surface area contributed by atoms with Gasteiger partial charge in [0, 0.05) is 12.6 Å². The smallest absolute Gasteiger partial charge is 0.295 e. The summed E-state index contributed by atoms with van der Waals surface area (Å²) in [4.78, 5) is 12.5. The van der Waals surface area contributed by atoms with Crippen LogP contribution in [0.15, 0.2) is 59.4 Å². The Kier molecular flexibility index (Phi) is 3.47. The first kappa shape index (κ1) is 14.0. The first-order chi connectivity index (χ1) is 10.6. The van der Waals surface area contributed by atoms with E-state index >= 15 is 0 Å². The Morgan fingerprint density at radius 2 is 1.64 bits per heavy atom. The van der Waals surface area contributed by atoms with Gasteiger partial charge in [0.1, 0.15) is 11.4 Å². The number of benzene rings is 2. The zero-order valence-electron chi connectivity index (χ0n) is 12.5. The van der Waals surface area contributed by atoms with Gasteiger partial charge >= 0.3 is 0 Å². The summed E-state index contributed by atoms with van der Waals surface area (Å²) in [7, 11) is 3.44. The van der Waals surface area contributed by atoms with E-state index in [9.17, 15) is 4.79 Å². The molecule has 1 aromatic heterocycles. The first-order valence-corrected chi connectivity index (χ1v) is 6.91. The summed E-state index contributed by atoms with van der Waals surface area (Å²) >= 11 is 0. The number of methoxy groups -OCH3 is 1. The normalized spacial score (nSPS) is 10.6. The van der Waals surface area contributed by atoms with E-state index in [0.717, 1.165) is 17.0 Å². The third-order valence-corrected chi connectivity index (χ3v) is 3.67. The number of para-hydroxylation sites is 1. The van der Waals surface area contributed by atoms with E-state index in [1.54, 1.807) is 16.5 Å². The molecule has 3 rings (SSSR count). The van der Waals surface area contributed by atoms with Crippen molar-refractivity contribution in [1.29, 1.82) is 0 Å². The summed E-state index contributed by atoms with van der Waals surface area (Å²) in [6.07, 6.45) is 0. The Morgan fingerprint density at radius 1 is 1.00 bits per heavy atom. The van der Waals surface area contributed by atoms with Crippen LogP contribution >= 0.6 is 0 Å². The van der Waals surface area contributed by atoms with E-state index in [0.29, 0.717) is 5.69 Å². The van der Waals surface area contributed by atoms with E-state index in [-0.39, 0.29) is 11.2 Å². The highest BCUT2D eigenvalue weighted by Crippen LogP contribution is 2.26. The lowest BCUT2D eigenvalue weighted by Gasteiger charge is -2.10. The van der Waals surface area contributed by atoms with Gasteiger partial charge in [0.25, 0.3) is 5.56 Å². The zero-order valence-corrected chi connectivity index (χ0v) is 12.5. The van der Waals surface area contributed by atoms with Gasteiger partial charge in [-0.1, -0.05) is 18.2 Å². The third kappa shape index (κ3) is 2.16. The molecule has 0 spiro atoms. The minimum atomic E-state index is -0.223. The van der Waals surface area contributed by atoms with Gasteiger partial charge in [0.15, 0.2) is 0 Å². The molecule has 22 heavy (non-hydrogen) atoms. The molecule has 0 fully saturated rings. The molecule has 0 aliphatic carbocycles. The van der Waals surface area contributed by atoms with Crippen molar-refractivity contribution in [3.8, 4) is 22.7 Å². The van der Waals surface area contributed by atoms with Crippen LogP contribution in [0, 0.1) is 0 Å². The van der Waals surface area contributed by atoms with Gasteiger partial charge in [0.2, 0.25) is 0 Å². The van der Waals surface area contributed by atoms with Gasteiger partial charge in [0.05, 0.1) is 18.5 Å². The van der Waals surface area contributed by atoms with E-state index in [4.69, 9.17) is 10.5 Å². The summed E-state index contributed by atoms with van der Waals surface area (Å²) < 4.78 is 8.50. The number of aromatic nitrogens is 2. The van der Waals surface area contributed by atoms with E-state index < -0.39 is 0 Å². The predicted octanol–water partition coefficient (Wildman–Crippen LogP) is 2.43. The topological polar surface area (TPSA) is 62.2 Å². The van der Waals surface area contributed by atoms with Gasteiger partial charge in [-0.3, -0.25) is 9.48 Å². The number of hydrogen-bond acceptors (Lipinski definition) is 3. The van der Waals surface area contributed by atoms with Gasteiger partial charge < -0.3 is 10.5 Å². The maximum atomic E-state index is 12.5. The maximum absolute atomic E-state index is 12.5. The van der Waals surface area contributed by atoms with Crippen LogP contribution < -0.4 is 16.0 Å². The lowest BCUT2D eigenvalue weighted by Crippen LogP contribution is -2.20. The van der Waals surface area contributed by atoms with Crippen molar-refractivity contribution in [2.75, 3.05) is 12.8 Å². The number of hydrogen-bond donors (Lipinski definition) is 1. The molecule has 1 heterocycles. The minimum absolute atomic E-state index is 0.223. The van der Waals surface area contributed by atoms with E-state index in [1.165, 1.54) is 0 Å². The number of rotatable bonds is 3. The molecule has 112 valence electrons. The monoisotopic (exact) mass is 295 g/mol. The number of ether oxygens (including phenoxy) is 1. The lowest BCUT2D eigenvalue weighted by molar-refractivity contribution is 0.415. The standard InChI is InChI=1S/C17H17N3O2/c1-19-16(12-8-10-14(22-2)11-9-12)15(18)17(21)20(19)13-6-4-3-5-7-13/h3-11H,18H2,1-2H3. The first-order valence-electron chi connectivity index (χ1n) is 6.91. The van der Waals surface area contributed by atoms with Crippen LogP contribution in [0.2, 0.25) is 0 Å². The van der Waals surface area contributed by atoms with Gasteiger partial charge in [-0.2, -0.15) is 0 Å². The second-order valence-electron chi connectivity index (χ2n) is 4.97. The molecular formula is C17H17N3O2. The number of nitrogen functional groups attached to an aromatic ring is 1. The molecule has 2 N–H and O–H groups in total. The number of nitrogens with zero attached hydrogens (tertiary/aromatic N) is 2. The van der Waals surface area contributed by atoms with Crippen LogP contribution in [-0.2, 0) is 7.05 Å². The SMILES string of the molecule is COc1ccc(-c2c(N)c(=O)n(-c3ccccc3)n2C)cc1. The average Bonchev–Trinajstić information content (AvgIpc) is 2.78. The quantitative estimate of drug-likeness (QED) is 0.807. The van der Waals surface area contributed by atoms with Crippen molar-refractivity contribution in [2.24, 2.45) is 7.05 Å². The van der Waals surface area contributed by atoms with Crippen LogP contribution in [-0.4, -0.2) is 16.5 Å². The highest BCUT2D eigenvalue weighted by atomic mass is 16.5. The van der Waals surface area contributed by atoms with E-state index in [2.05, 4.69) is 0 Å². The fourth-order valence-corrected chi connectivity index (χ4v) is 2.58. The van der Waals surface area contributed by atoms with Crippen LogP contribution in [0.3, 0.4) is 0 Å². The average molecular weight is 295 g/mol.